The molecule has 18 heavy (non-hydrogen) atoms. The molecule has 2 aromatic rings. The molecule has 0 radical (unpaired) electrons. The molecule has 2 rings (SSSR count). The number of rotatable bonds is 6. The highest BCUT2D eigenvalue weighted by Gasteiger charge is 1.89. The quantitative estimate of drug-likeness (QED) is 0.680. The summed E-state index contributed by atoms with van der Waals surface area (Å²) in [7, 11) is 0. The van der Waals surface area contributed by atoms with Gasteiger partial charge >= 0.3 is 0 Å². The lowest BCUT2D eigenvalue weighted by molar-refractivity contribution is 0.235. The van der Waals surface area contributed by atoms with Gasteiger partial charge in [0.15, 0.2) is 0 Å². The van der Waals surface area contributed by atoms with Crippen molar-refractivity contribution >= 4 is 0 Å². The molecule has 0 bridgehead atoms. The van der Waals surface area contributed by atoms with Crippen molar-refractivity contribution < 1.29 is 4.74 Å². The summed E-state index contributed by atoms with van der Waals surface area (Å²) in [4.78, 5) is 0. The van der Waals surface area contributed by atoms with E-state index >= 15 is 0 Å². The minimum atomic E-state index is 0.642. The van der Waals surface area contributed by atoms with Gasteiger partial charge < -0.3 is 4.74 Å². The van der Waals surface area contributed by atoms with Crippen LogP contribution < -0.4 is 0 Å². The molecule has 0 spiro atoms. The van der Waals surface area contributed by atoms with Gasteiger partial charge in [-0.05, 0) is 30.0 Å². The van der Waals surface area contributed by atoms with Crippen LogP contribution in [0.25, 0.3) is 0 Å². The van der Waals surface area contributed by atoms with Crippen molar-refractivity contribution in [1.29, 1.82) is 0 Å². The van der Waals surface area contributed by atoms with Crippen LogP contribution in [0.2, 0.25) is 0 Å². The molecule has 0 N–H and O–H groups in total. The Balaban J connectivity index is 1.64. The maximum Gasteiger partial charge on any atom is 0.112 e. The van der Waals surface area contributed by atoms with E-state index in [2.05, 4.69) is 42.5 Å². The minimum Gasteiger partial charge on any atom is -0.497 e. The first-order chi connectivity index (χ1) is 8.95. The van der Waals surface area contributed by atoms with Crippen LogP contribution in [-0.2, 0) is 17.8 Å². The molecular formula is C17H18O. The van der Waals surface area contributed by atoms with Gasteiger partial charge in [-0.15, -0.1) is 0 Å². The van der Waals surface area contributed by atoms with E-state index in [9.17, 15) is 0 Å². The maximum absolute atomic E-state index is 5.48. The predicted octanol–water partition coefficient (Wildman–Crippen LogP) is 4.35. The number of benzene rings is 2. The van der Waals surface area contributed by atoms with Crippen LogP contribution in [0.3, 0.4) is 0 Å². The molecule has 1 nitrogen and oxygen atoms in total. The van der Waals surface area contributed by atoms with Gasteiger partial charge in [-0.1, -0.05) is 60.7 Å². The molecule has 0 fully saturated rings. The smallest absolute Gasteiger partial charge is 0.112 e. The van der Waals surface area contributed by atoms with Crippen molar-refractivity contribution in [2.24, 2.45) is 0 Å². The second-order valence-corrected chi connectivity index (χ2v) is 4.19. The summed E-state index contributed by atoms with van der Waals surface area (Å²) in [5.41, 5.74) is 2.57. The number of allylic oxidation sites excluding steroid dienone is 1. The second-order valence-electron chi connectivity index (χ2n) is 4.19. The van der Waals surface area contributed by atoms with E-state index in [0.717, 1.165) is 12.8 Å². The maximum atomic E-state index is 5.48. The van der Waals surface area contributed by atoms with Crippen molar-refractivity contribution in [2.75, 3.05) is 0 Å². The zero-order valence-electron chi connectivity index (χ0n) is 10.5. The standard InChI is InChI=1S/C17H18O/c1-3-9-16(10-4-1)11-7-8-14-18-15-17-12-5-2-6-13-17/h1-6,8-10,12-14H,7,11,15H2/b14-8+. The molecule has 0 aliphatic heterocycles. The molecule has 0 saturated carbocycles. The molecule has 1 heteroatoms. The second kappa shape index (κ2) is 7.33. The Morgan fingerprint density at radius 2 is 1.39 bits per heavy atom. The Morgan fingerprint density at radius 3 is 2.06 bits per heavy atom. The Bertz CT molecular complexity index is 414. The average Bonchev–Trinajstić information content (AvgIpc) is 2.45. The Morgan fingerprint density at radius 1 is 0.778 bits per heavy atom. The largest absolute Gasteiger partial charge is 0.497 e. The third-order valence-corrected chi connectivity index (χ3v) is 2.73. The summed E-state index contributed by atoms with van der Waals surface area (Å²) in [6, 6.07) is 20.7. The fraction of sp³-hybridized carbons (Fsp3) is 0.176. The van der Waals surface area contributed by atoms with E-state index in [1.54, 1.807) is 6.26 Å². The fourth-order valence-corrected chi connectivity index (χ4v) is 1.75. The molecule has 0 amide bonds. The SMILES string of the molecule is C(=C\OCc1ccccc1)/CCc1ccccc1. The van der Waals surface area contributed by atoms with E-state index in [4.69, 9.17) is 4.74 Å². The number of hydrogen-bond donors (Lipinski definition) is 0. The molecule has 2 aromatic carbocycles. The van der Waals surface area contributed by atoms with Gasteiger partial charge in [0.2, 0.25) is 0 Å². The molecular weight excluding hydrogens is 220 g/mol. The first-order valence-corrected chi connectivity index (χ1v) is 6.29. The summed E-state index contributed by atoms with van der Waals surface area (Å²) >= 11 is 0. The van der Waals surface area contributed by atoms with Gasteiger partial charge in [0.25, 0.3) is 0 Å². The third-order valence-electron chi connectivity index (χ3n) is 2.73. The van der Waals surface area contributed by atoms with Crippen LogP contribution in [0.5, 0.6) is 0 Å². The van der Waals surface area contributed by atoms with E-state index < -0.39 is 0 Å². The topological polar surface area (TPSA) is 9.23 Å². The highest BCUT2D eigenvalue weighted by atomic mass is 16.5. The van der Waals surface area contributed by atoms with Crippen molar-refractivity contribution in [2.45, 2.75) is 19.4 Å². The third kappa shape index (κ3) is 4.46. The van der Waals surface area contributed by atoms with Gasteiger partial charge in [-0.25, -0.2) is 0 Å². The lowest BCUT2D eigenvalue weighted by atomic mass is 10.1. The zero-order valence-corrected chi connectivity index (χ0v) is 10.5. The Labute approximate surface area is 109 Å². The first kappa shape index (κ1) is 12.4. The van der Waals surface area contributed by atoms with E-state index in [-0.39, 0.29) is 0 Å². The molecule has 0 heterocycles. The van der Waals surface area contributed by atoms with Gasteiger partial charge in [-0.2, -0.15) is 0 Å². The highest BCUT2D eigenvalue weighted by molar-refractivity contribution is 5.15. The van der Waals surface area contributed by atoms with E-state index in [1.807, 2.05) is 24.3 Å². The summed E-state index contributed by atoms with van der Waals surface area (Å²) in [6.45, 7) is 0.642. The van der Waals surface area contributed by atoms with Crippen molar-refractivity contribution in [1.82, 2.24) is 0 Å². The summed E-state index contributed by atoms with van der Waals surface area (Å²) in [5.74, 6) is 0. The van der Waals surface area contributed by atoms with Gasteiger partial charge in [0.1, 0.15) is 6.61 Å². The number of aryl methyl sites for hydroxylation is 1. The molecule has 92 valence electrons. The fourth-order valence-electron chi connectivity index (χ4n) is 1.75. The molecule has 0 aliphatic carbocycles. The average molecular weight is 238 g/mol. The summed E-state index contributed by atoms with van der Waals surface area (Å²) in [5, 5.41) is 0. The molecule has 0 aromatic heterocycles. The van der Waals surface area contributed by atoms with Crippen LogP contribution in [0.15, 0.2) is 73.0 Å². The van der Waals surface area contributed by atoms with Crippen LogP contribution in [0.1, 0.15) is 17.5 Å². The van der Waals surface area contributed by atoms with E-state index in [0.29, 0.717) is 6.61 Å². The van der Waals surface area contributed by atoms with Gasteiger partial charge in [0, 0.05) is 0 Å². The minimum absolute atomic E-state index is 0.642. The van der Waals surface area contributed by atoms with Crippen molar-refractivity contribution in [3.05, 3.63) is 84.1 Å². The first-order valence-electron chi connectivity index (χ1n) is 6.29. The zero-order chi connectivity index (χ0) is 12.5. The van der Waals surface area contributed by atoms with Crippen LogP contribution in [-0.4, -0.2) is 0 Å². The van der Waals surface area contributed by atoms with Crippen LogP contribution >= 0.6 is 0 Å². The van der Waals surface area contributed by atoms with Crippen LogP contribution in [0.4, 0.5) is 0 Å². The summed E-state index contributed by atoms with van der Waals surface area (Å²) in [6.07, 6.45) is 5.96. The molecule has 0 unspecified atom stereocenters. The molecule has 0 saturated heterocycles. The lowest BCUT2D eigenvalue weighted by Gasteiger charge is -2.00. The Hall–Kier alpha value is -2.02. The predicted molar refractivity (Wildman–Crippen MR) is 75.1 cm³/mol. The normalized spacial score (nSPS) is 10.7. The van der Waals surface area contributed by atoms with Crippen molar-refractivity contribution in [3.8, 4) is 0 Å². The van der Waals surface area contributed by atoms with Crippen LogP contribution in [0, 0.1) is 0 Å². The lowest BCUT2D eigenvalue weighted by Crippen LogP contribution is -1.86. The summed E-state index contributed by atoms with van der Waals surface area (Å²) < 4.78 is 5.48. The molecule has 0 aliphatic rings. The van der Waals surface area contributed by atoms with Gasteiger partial charge in [-0.3, -0.25) is 0 Å². The van der Waals surface area contributed by atoms with E-state index in [1.165, 1.54) is 11.1 Å². The number of hydrogen-bond acceptors (Lipinski definition) is 1. The molecule has 0 atom stereocenters. The monoisotopic (exact) mass is 238 g/mol. The van der Waals surface area contributed by atoms with Crippen molar-refractivity contribution in [3.63, 3.8) is 0 Å². The Kier molecular flexibility index (Phi) is 5.07. The van der Waals surface area contributed by atoms with Gasteiger partial charge in [0.05, 0.1) is 6.26 Å². The number of ether oxygens (including phenoxy) is 1. The highest BCUT2D eigenvalue weighted by Crippen LogP contribution is 2.04.